The molecule has 0 radical (unpaired) electrons. The topological polar surface area (TPSA) is 135 Å². The van der Waals surface area contributed by atoms with Crippen molar-refractivity contribution in [1.29, 1.82) is 0 Å². The molecule has 1 amide bonds. The van der Waals surface area contributed by atoms with E-state index in [4.69, 9.17) is 24.6 Å². The molecule has 0 fully saturated rings. The summed E-state index contributed by atoms with van der Waals surface area (Å²) in [6.45, 7) is 8.17. The number of amides is 1. The third-order valence-electron chi connectivity index (χ3n) is 5.18. The van der Waals surface area contributed by atoms with Crippen LogP contribution in [0, 0.1) is 0 Å². The molecule has 194 valence electrons. The standard InChI is InChI=1S/C19H33N5O3.C2HF3O2/c1-6-13(12-26-4)22-16-14-8-7-9-19(2,3)15(14)23-17(24-16)20-10-11-21-18(25)27-5;3-2(4,5)1(6)7/h13H,6-12H2,1-5H3,(H,21,25)(H2,20,22,23,24);(H,6,7)/t13-;/m1./s1. The van der Waals surface area contributed by atoms with E-state index < -0.39 is 18.2 Å². The zero-order valence-electron chi connectivity index (χ0n) is 20.1. The monoisotopic (exact) mass is 493 g/mol. The lowest BCUT2D eigenvalue weighted by molar-refractivity contribution is -0.192. The molecule has 0 bridgehead atoms. The van der Waals surface area contributed by atoms with Crippen LogP contribution in [0.2, 0.25) is 0 Å². The Morgan fingerprint density at radius 1 is 1.21 bits per heavy atom. The molecule has 1 aliphatic carbocycles. The Hall–Kier alpha value is -2.83. The number of carbonyl (C=O) groups excluding carboxylic acids is 1. The van der Waals surface area contributed by atoms with Gasteiger partial charge in [-0.05, 0) is 25.7 Å². The summed E-state index contributed by atoms with van der Waals surface area (Å²) >= 11 is 0. The van der Waals surface area contributed by atoms with Crippen molar-refractivity contribution in [2.45, 2.75) is 64.1 Å². The molecule has 0 spiro atoms. The van der Waals surface area contributed by atoms with Gasteiger partial charge in [-0.15, -0.1) is 0 Å². The molecule has 10 nitrogen and oxygen atoms in total. The number of ether oxygens (including phenoxy) is 2. The molecule has 1 aromatic rings. The fourth-order valence-electron chi connectivity index (χ4n) is 3.37. The van der Waals surface area contributed by atoms with Gasteiger partial charge in [0, 0.05) is 31.2 Å². The normalized spacial score (nSPS) is 15.2. The van der Waals surface area contributed by atoms with E-state index in [1.54, 1.807) is 7.11 Å². The van der Waals surface area contributed by atoms with E-state index >= 15 is 0 Å². The highest BCUT2D eigenvalue weighted by Gasteiger charge is 2.38. The molecule has 1 heterocycles. The van der Waals surface area contributed by atoms with Gasteiger partial charge >= 0.3 is 18.2 Å². The van der Waals surface area contributed by atoms with Crippen molar-refractivity contribution in [3.05, 3.63) is 11.3 Å². The average molecular weight is 494 g/mol. The number of aliphatic carboxylic acids is 1. The van der Waals surface area contributed by atoms with Gasteiger partial charge in [-0.1, -0.05) is 20.8 Å². The fourth-order valence-corrected chi connectivity index (χ4v) is 3.37. The molecule has 1 aromatic heterocycles. The first-order valence-electron chi connectivity index (χ1n) is 10.9. The van der Waals surface area contributed by atoms with Crippen LogP contribution in [-0.2, 0) is 26.1 Å². The Bertz CT molecular complexity index is 821. The van der Waals surface area contributed by atoms with Gasteiger partial charge in [0.25, 0.3) is 0 Å². The highest BCUT2D eigenvalue weighted by molar-refractivity contribution is 5.73. The van der Waals surface area contributed by atoms with E-state index in [1.165, 1.54) is 12.7 Å². The Kier molecular flexibility index (Phi) is 11.3. The van der Waals surface area contributed by atoms with Crippen molar-refractivity contribution in [3.8, 4) is 0 Å². The van der Waals surface area contributed by atoms with Gasteiger partial charge in [0.15, 0.2) is 0 Å². The van der Waals surface area contributed by atoms with Gasteiger partial charge in [0.1, 0.15) is 5.82 Å². The van der Waals surface area contributed by atoms with E-state index in [1.807, 2.05) is 0 Å². The Balaban J connectivity index is 0.000000718. The molecule has 0 unspecified atom stereocenters. The van der Waals surface area contributed by atoms with Gasteiger partial charge in [0.2, 0.25) is 5.95 Å². The number of alkyl halides is 3. The summed E-state index contributed by atoms with van der Waals surface area (Å²) < 4.78 is 41.6. The number of hydrogen-bond donors (Lipinski definition) is 4. The third kappa shape index (κ3) is 9.20. The first kappa shape index (κ1) is 29.2. The van der Waals surface area contributed by atoms with Crippen LogP contribution in [-0.4, -0.2) is 73.3 Å². The van der Waals surface area contributed by atoms with Crippen molar-refractivity contribution >= 4 is 23.8 Å². The molecular weight excluding hydrogens is 459 g/mol. The summed E-state index contributed by atoms with van der Waals surface area (Å²) in [6.07, 6.45) is -1.36. The number of rotatable bonds is 9. The molecule has 0 saturated carbocycles. The van der Waals surface area contributed by atoms with Crippen LogP contribution in [0.15, 0.2) is 0 Å². The zero-order valence-corrected chi connectivity index (χ0v) is 20.1. The van der Waals surface area contributed by atoms with E-state index in [2.05, 4.69) is 41.5 Å². The average Bonchev–Trinajstić information content (AvgIpc) is 2.76. The first-order valence-corrected chi connectivity index (χ1v) is 10.9. The SMILES string of the molecule is CC[C@H](COC)Nc1nc(NCCNC(=O)OC)nc2c1CCCC2(C)C.O=C(O)C(F)(F)F. The molecule has 4 N–H and O–H groups in total. The molecule has 1 aliphatic rings. The largest absolute Gasteiger partial charge is 0.490 e. The molecule has 0 saturated heterocycles. The van der Waals surface area contributed by atoms with Gasteiger partial charge < -0.3 is 30.5 Å². The number of fused-ring (bicyclic) bond motifs is 1. The number of carboxylic acid groups (broad SMARTS) is 1. The lowest BCUT2D eigenvalue weighted by Gasteiger charge is -2.33. The number of carboxylic acids is 1. The summed E-state index contributed by atoms with van der Waals surface area (Å²) in [6, 6.07) is 0.202. The van der Waals surface area contributed by atoms with E-state index in [0.29, 0.717) is 25.6 Å². The highest BCUT2D eigenvalue weighted by atomic mass is 19.4. The first-order chi connectivity index (χ1) is 15.8. The zero-order chi connectivity index (χ0) is 25.9. The summed E-state index contributed by atoms with van der Waals surface area (Å²) in [5.41, 5.74) is 2.32. The van der Waals surface area contributed by atoms with Crippen molar-refractivity contribution in [1.82, 2.24) is 15.3 Å². The molecule has 0 aliphatic heterocycles. The quantitative estimate of drug-likeness (QED) is 0.382. The van der Waals surface area contributed by atoms with E-state index in [0.717, 1.165) is 37.2 Å². The van der Waals surface area contributed by atoms with Gasteiger partial charge in [0.05, 0.1) is 25.5 Å². The molecule has 13 heteroatoms. The fraction of sp³-hybridized carbons (Fsp3) is 0.714. The van der Waals surface area contributed by atoms with E-state index in [9.17, 15) is 18.0 Å². The van der Waals surface area contributed by atoms with Crippen LogP contribution >= 0.6 is 0 Å². The minimum Gasteiger partial charge on any atom is -0.475 e. The lowest BCUT2D eigenvalue weighted by atomic mass is 9.76. The molecule has 34 heavy (non-hydrogen) atoms. The number of aromatic nitrogens is 2. The lowest BCUT2D eigenvalue weighted by Crippen LogP contribution is -2.32. The second-order valence-corrected chi connectivity index (χ2v) is 8.31. The number of nitrogens with zero attached hydrogens (tertiary/aromatic N) is 2. The highest BCUT2D eigenvalue weighted by Crippen LogP contribution is 2.38. The number of anilines is 2. The number of carbonyl (C=O) groups is 2. The smallest absolute Gasteiger partial charge is 0.475 e. The summed E-state index contributed by atoms with van der Waals surface area (Å²) in [4.78, 5) is 29.6. The number of methoxy groups -OCH3 is 2. The predicted octanol–water partition coefficient (Wildman–Crippen LogP) is 3.33. The maximum atomic E-state index is 11.2. The summed E-state index contributed by atoms with van der Waals surface area (Å²) in [7, 11) is 3.06. The third-order valence-corrected chi connectivity index (χ3v) is 5.18. The summed E-state index contributed by atoms with van der Waals surface area (Å²) in [5, 5.41) is 16.5. The van der Waals surface area contributed by atoms with Crippen molar-refractivity contribution in [3.63, 3.8) is 0 Å². The second kappa shape index (κ2) is 13.2. The Morgan fingerprint density at radius 2 is 1.85 bits per heavy atom. The number of hydrogen-bond acceptors (Lipinski definition) is 8. The molecular formula is C21H34F3N5O5. The number of nitrogens with one attached hydrogen (secondary N) is 3. The van der Waals surface area contributed by atoms with Crippen molar-refractivity contribution in [2.24, 2.45) is 0 Å². The predicted molar refractivity (Wildman–Crippen MR) is 120 cm³/mol. The van der Waals surface area contributed by atoms with Crippen LogP contribution in [0.25, 0.3) is 0 Å². The van der Waals surface area contributed by atoms with Crippen LogP contribution in [0.4, 0.5) is 29.7 Å². The Morgan fingerprint density at radius 3 is 2.38 bits per heavy atom. The summed E-state index contributed by atoms with van der Waals surface area (Å²) in [5.74, 6) is -1.29. The minimum atomic E-state index is -5.08. The van der Waals surface area contributed by atoms with Crippen LogP contribution in [0.1, 0.15) is 51.3 Å². The second-order valence-electron chi connectivity index (χ2n) is 8.31. The molecule has 0 aromatic carbocycles. The van der Waals surface area contributed by atoms with Gasteiger partial charge in [-0.2, -0.15) is 18.2 Å². The maximum Gasteiger partial charge on any atom is 0.490 e. The van der Waals surface area contributed by atoms with Crippen molar-refractivity contribution < 1.29 is 37.3 Å². The molecule has 2 rings (SSSR count). The number of halogens is 3. The van der Waals surface area contributed by atoms with Crippen LogP contribution < -0.4 is 16.0 Å². The van der Waals surface area contributed by atoms with Gasteiger partial charge in [-0.3, -0.25) is 0 Å². The van der Waals surface area contributed by atoms with E-state index in [-0.39, 0.29) is 11.5 Å². The van der Waals surface area contributed by atoms with Crippen LogP contribution in [0.5, 0.6) is 0 Å². The number of alkyl carbamates (subject to hydrolysis) is 1. The van der Waals surface area contributed by atoms with Crippen LogP contribution in [0.3, 0.4) is 0 Å². The Labute approximate surface area is 197 Å². The van der Waals surface area contributed by atoms with Gasteiger partial charge in [-0.25, -0.2) is 14.6 Å². The maximum absolute atomic E-state index is 11.2. The molecule has 1 atom stereocenters. The minimum absolute atomic E-state index is 0.0105. The van der Waals surface area contributed by atoms with Crippen molar-refractivity contribution in [2.75, 3.05) is 44.5 Å².